The lowest BCUT2D eigenvalue weighted by atomic mass is 10.2. The summed E-state index contributed by atoms with van der Waals surface area (Å²) in [4.78, 5) is 16.6. The number of nitrogens with one attached hydrogen (secondary N) is 2. The van der Waals surface area contributed by atoms with E-state index in [0.717, 1.165) is 5.56 Å². The first-order valence-electron chi connectivity index (χ1n) is 7.71. The lowest BCUT2D eigenvalue weighted by Gasteiger charge is -2.12. The maximum atomic E-state index is 6.01. The number of nitrogens with zero attached hydrogens (tertiary/aromatic N) is 4. The highest BCUT2D eigenvalue weighted by Crippen LogP contribution is 2.30. The molecule has 2 aromatic heterocycles. The molecular weight excluding hydrogens is 356 g/mol. The summed E-state index contributed by atoms with van der Waals surface area (Å²) >= 11 is 6.01. The molecule has 2 heterocycles. The Bertz CT molecular complexity index is 878. The van der Waals surface area contributed by atoms with Crippen LogP contribution in [0.25, 0.3) is 0 Å². The van der Waals surface area contributed by atoms with Gasteiger partial charge in [-0.2, -0.15) is 15.0 Å². The minimum atomic E-state index is 0.0728. The lowest BCUT2D eigenvalue weighted by molar-refractivity contribution is 0.395. The van der Waals surface area contributed by atoms with Crippen LogP contribution in [0.15, 0.2) is 42.7 Å². The molecule has 0 unspecified atom stereocenters. The summed E-state index contributed by atoms with van der Waals surface area (Å²) in [6, 6.07) is 9.17. The number of methoxy groups -OCH3 is 2. The molecule has 0 radical (unpaired) electrons. The number of halogens is 1. The second-order valence-corrected chi connectivity index (χ2v) is 5.50. The maximum absolute atomic E-state index is 6.01. The van der Waals surface area contributed by atoms with Crippen molar-refractivity contribution in [2.24, 2.45) is 0 Å². The van der Waals surface area contributed by atoms with Gasteiger partial charge < -0.3 is 20.1 Å². The molecule has 26 heavy (non-hydrogen) atoms. The van der Waals surface area contributed by atoms with Crippen molar-refractivity contribution < 1.29 is 9.47 Å². The summed E-state index contributed by atoms with van der Waals surface area (Å²) in [7, 11) is 3.16. The summed E-state index contributed by atoms with van der Waals surface area (Å²) in [5, 5.41) is 6.24. The fourth-order valence-corrected chi connectivity index (χ4v) is 2.35. The average molecular weight is 373 g/mol. The van der Waals surface area contributed by atoms with Crippen molar-refractivity contribution in [1.29, 1.82) is 0 Å². The van der Waals surface area contributed by atoms with Crippen molar-refractivity contribution in [2.45, 2.75) is 6.54 Å². The number of anilines is 3. The molecule has 0 aliphatic carbocycles. The molecular formula is C17H17ClN6O2. The first-order valence-corrected chi connectivity index (χ1v) is 8.09. The summed E-state index contributed by atoms with van der Waals surface area (Å²) < 4.78 is 10.5. The van der Waals surface area contributed by atoms with Crippen LogP contribution in [0, 0.1) is 0 Å². The van der Waals surface area contributed by atoms with E-state index in [1.54, 1.807) is 44.8 Å². The monoisotopic (exact) mass is 372 g/mol. The van der Waals surface area contributed by atoms with E-state index in [9.17, 15) is 0 Å². The van der Waals surface area contributed by atoms with E-state index in [1.807, 2.05) is 12.1 Å². The van der Waals surface area contributed by atoms with Crippen molar-refractivity contribution in [2.75, 3.05) is 24.9 Å². The van der Waals surface area contributed by atoms with Gasteiger partial charge in [0.2, 0.25) is 17.2 Å². The van der Waals surface area contributed by atoms with Gasteiger partial charge in [0.15, 0.2) is 0 Å². The third kappa shape index (κ3) is 4.48. The zero-order chi connectivity index (χ0) is 18.4. The van der Waals surface area contributed by atoms with Gasteiger partial charge in [0.25, 0.3) is 0 Å². The van der Waals surface area contributed by atoms with Gasteiger partial charge in [-0.05, 0) is 35.4 Å². The molecule has 9 heteroatoms. The normalized spacial score (nSPS) is 10.3. The third-order valence-corrected chi connectivity index (χ3v) is 3.61. The SMILES string of the molecule is COc1ccc(Nc2nc(Cl)nc(NCc3cccnc3)n2)c(OC)c1. The average Bonchev–Trinajstić information content (AvgIpc) is 2.67. The summed E-state index contributed by atoms with van der Waals surface area (Å²) in [6.07, 6.45) is 3.48. The predicted molar refractivity (Wildman–Crippen MR) is 99.2 cm³/mol. The van der Waals surface area contributed by atoms with Gasteiger partial charge in [-0.1, -0.05) is 6.07 Å². The first-order chi connectivity index (χ1) is 12.7. The van der Waals surface area contributed by atoms with Gasteiger partial charge in [0.05, 0.1) is 19.9 Å². The second-order valence-electron chi connectivity index (χ2n) is 5.16. The number of aromatic nitrogens is 4. The van der Waals surface area contributed by atoms with Crippen LogP contribution in [-0.2, 0) is 6.54 Å². The fourth-order valence-electron chi connectivity index (χ4n) is 2.19. The highest BCUT2D eigenvalue weighted by atomic mass is 35.5. The Balaban J connectivity index is 1.77. The zero-order valence-electron chi connectivity index (χ0n) is 14.2. The van der Waals surface area contributed by atoms with Crippen molar-refractivity contribution in [3.8, 4) is 11.5 Å². The molecule has 0 saturated heterocycles. The largest absolute Gasteiger partial charge is 0.497 e. The first kappa shape index (κ1) is 17.7. The van der Waals surface area contributed by atoms with Gasteiger partial charge in [-0.3, -0.25) is 4.98 Å². The Hall–Kier alpha value is -3.13. The Morgan fingerprint density at radius 3 is 2.62 bits per heavy atom. The smallest absolute Gasteiger partial charge is 0.233 e. The van der Waals surface area contributed by atoms with Crippen molar-refractivity contribution >= 4 is 29.2 Å². The van der Waals surface area contributed by atoms with Crippen LogP contribution in [0.1, 0.15) is 5.56 Å². The van der Waals surface area contributed by atoms with Crippen molar-refractivity contribution in [3.05, 3.63) is 53.6 Å². The third-order valence-electron chi connectivity index (χ3n) is 3.44. The van der Waals surface area contributed by atoms with Crippen LogP contribution in [0.2, 0.25) is 5.28 Å². The minimum Gasteiger partial charge on any atom is -0.497 e. The molecule has 0 saturated carbocycles. The van der Waals surface area contributed by atoms with Gasteiger partial charge in [0.1, 0.15) is 11.5 Å². The van der Waals surface area contributed by atoms with Crippen LogP contribution < -0.4 is 20.1 Å². The number of rotatable bonds is 7. The highest BCUT2D eigenvalue weighted by Gasteiger charge is 2.10. The second kappa shape index (κ2) is 8.30. The standard InChI is InChI=1S/C17H17ClN6O2/c1-25-12-5-6-13(14(8-12)26-2)21-17-23-15(18)22-16(24-17)20-10-11-4-3-7-19-9-11/h3-9H,10H2,1-2H3,(H2,20,21,22,23,24). The topological polar surface area (TPSA) is 94.1 Å². The van der Waals surface area contributed by atoms with Crippen LogP contribution in [0.5, 0.6) is 11.5 Å². The van der Waals surface area contributed by atoms with E-state index in [4.69, 9.17) is 21.1 Å². The Labute approximate surface area is 155 Å². The quantitative estimate of drug-likeness (QED) is 0.652. The molecule has 0 bridgehead atoms. The minimum absolute atomic E-state index is 0.0728. The molecule has 0 amide bonds. The number of hydrogen-bond donors (Lipinski definition) is 2. The molecule has 1 aromatic carbocycles. The maximum Gasteiger partial charge on any atom is 0.233 e. The summed E-state index contributed by atoms with van der Waals surface area (Å²) in [5.41, 5.74) is 1.67. The van der Waals surface area contributed by atoms with Crippen LogP contribution in [0.3, 0.4) is 0 Å². The molecule has 0 spiro atoms. The fraction of sp³-hybridized carbons (Fsp3) is 0.176. The Morgan fingerprint density at radius 2 is 1.88 bits per heavy atom. The van der Waals surface area contributed by atoms with Gasteiger partial charge in [-0.25, -0.2) is 0 Å². The van der Waals surface area contributed by atoms with E-state index >= 15 is 0 Å². The Morgan fingerprint density at radius 1 is 1.04 bits per heavy atom. The molecule has 2 N–H and O–H groups in total. The summed E-state index contributed by atoms with van der Waals surface area (Å²) in [5.74, 6) is 1.91. The number of benzene rings is 1. The molecule has 0 aliphatic heterocycles. The van der Waals surface area contributed by atoms with Gasteiger partial charge >= 0.3 is 0 Å². The lowest BCUT2D eigenvalue weighted by Crippen LogP contribution is -2.07. The van der Waals surface area contributed by atoms with E-state index in [1.165, 1.54) is 0 Å². The molecule has 134 valence electrons. The zero-order valence-corrected chi connectivity index (χ0v) is 15.0. The van der Waals surface area contributed by atoms with Crippen molar-refractivity contribution in [1.82, 2.24) is 19.9 Å². The Kier molecular flexibility index (Phi) is 5.65. The van der Waals surface area contributed by atoms with Crippen LogP contribution >= 0.6 is 11.6 Å². The molecule has 0 atom stereocenters. The number of ether oxygens (including phenoxy) is 2. The number of hydrogen-bond acceptors (Lipinski definition) is 8. The van der Waals surface area contributed by atoms with Gasteiger partial charge in [-0.15, -0.1) is 0 Å². The van der Waals surface area contributed by atoms with Crippen LogP contribution in [-0.4, -0.2) is 34.2 Å². The summed E-state index contributed by atoms with van der Waals surface area (Å²) in [6.45, 7) is 0.513. The van der Waals surface area contributed by atoms with E-state index < -0.39 is 0 Å². The van der Waals surface area contributed by atoms with Gasteiger partial charge in [0, 0.05) is 25.0 Å². The molecule has 8 nitrogen and oxygen atoms in total. The van der Waals surface area contributed by atoms with E-state index in [-0.39, 0.29) is 5.28 Å². The molecule has 3 rings (SSSR count). The highest BCUT2D eigenvalue weighted by molar-refractivity contribution is 6.28. The van der Waals surface area contributed by atoms with Crippen LogP contribution in [0.4, 0.5) is 17.6 Å². The molecule has 0 fully saturated rings. The van der Waals surface area contributed by atoms with E-state index in [0.29, 0.717) is 35.6 Å². The van der Waals surface area contributed by atoms with Crippen molar-refractivity contribution in [3.63, 3.8) is 0 Å². The predicted octanol–water partition coefficient (Wildman–Crippen LogP) is 3.29. The van der Waals surface area contributed by atoms with E-state index in [2.05, 4.69) is 30.6 Å². The molecule has 0 aliphatic rings. The number of pyridine rings is 1. The molecule has 3 aromatic rings.